The van der Waals surface area contributed by atoms with E-state index in [0.717, 1.165) is 42.8 Å². The van der Waals surface area contributed by atoms with Crippen molar-refractivity contribution in [2.24, 2.45) is 0 Å². The summed E-state index contributed by atoms with van der Waals surface area (Å²) >= 11 is 0. The number of hydrogen-bond acceptors (Lipinski definition) is 4. The molecule has 1 aliphatic rings. The molecule has 2 aromatic heterocycles. The van der Waals surface area contributed by atoms with Crippen molar-refractivity contribution in [1.82, 2.24) is 19.9 Å². The van der Waals surface area contributed by atoms with Crippen LogP contribution in [0.5, 0.6) is 0 Å². The Kier molecular flexibility index (Phi) is 4.33. The molecule has 0 spiro atoms. The number of imidazole rings is 1. The number of anilines is 1. The molecule has 6 heteroatoms. The van der Waals surface area contributed by atoms with Crippen LogP contribution in [0.2, 0.25) is 0 Å². The highest BCUT2D eigenvalue weighted by Gasteiger charge is 2.22. The predicted molar refractivity (Wildman–Crippen MR) is 97.3 cm³/mol. The minimum atomic E-state index is 0.0241. The van der Waals surface area contributed by atoms with Crippen molar-refractivity contribution in [2.45, 2.75) is 25.4 Å². The molecule has 4 rings (SSSR count). The Hall–Kier alpha value is -2.89. The fourth-order valence-corrected chi connectivity index (χ4v) is 3.41. The first-order chi connectivity index (χ1) is 12.3. The van der Waals surface area contributed by atoms with Crippen LogP contribution in [-0.2, 0) is 11.3 Å². The van der Waals surface area contributed by atoms with E-state index in [-0.39, 0.29) is 11.9 Å². The van der Waals surface area contributed by atoms with Gasteiger partial charge >= 0.3 is 0 Å². The van der Waals surface area contributed by atoms with Gasteiger partial charge in [-0.05, 0) is 37.1 Å². The quantitative estimate of drug-likeness (QED) is 0.794. The van der Waals surface area contributed by atoms with Crippen molar-refractivity contribution in [2.75, 3.05) is 18.0 Å². The van der Waals surface area contributed by atoms with Crippen LogP contribution in [0.4, 0.5) is 5.82 Å². The number of para-hydroxylation sites is 2. The number of nitrogens with zero attached hydrogens (tertiary/aromatic N) is 4. The molecule has 3 aromatic rings. The Morgan fingerprint density at radius 1 is 1.16 bits per heavy atom. The Bertz CT molecular complexity index is 860. The van der Waals surface area contributed by atoms with E-state index in [9.17, 15) is 4.79 Å². The first-order valence-electron chi connectivity index (χ1n) is 8.65. The summed E-state index contributed by atoms with van der Waals surface area (Å²) in [7, 11) is 0. The number of pyridine rings is 1. The SMILES string of the molecule is O=C(Cn1cnc2ccccc21)N[C@@H]1CCCN(c2ccccn2)C1. The number of hydrogen-bond donors (Lipinski definition) is 1. The van der Waals surface area contributed by atoms with Crippen molar-refractivity contribution in [3.05, 3.63) is 55.0 Å². The largest absolute Gasteiger partial charge is 0.355 e. The van der Waals surface area contributed by atoms with Gasteiger partial charge in [-0.15, -0.1) is 0 Å². The lowest BCUT2D eigenvalue weighted by Gasteiger charge is -2.34. The van der Waals surface area contributed by atoms with Gasteiger partial charge in [-0.3, -0.25) is 4.79 Å². The number of carbonyl (C=O) groups is 1. The van der Waals surface area contributed by atoms with E-state index in [1.807, 2.05) is 53.2 Å². The zero-order valence-electron chi connectivity index (χ0n) is 14.0. The highest BCUT2D eigenvalue weighted by molar-refractivity contribution is 5.80. The maximum atomic E-state index is 12.5. The summed E-state index contributed by atoms with van der Waals surface area (Å²) in [5.41, 5.74) is 1.89. The first kappa shape index (κ1) is 15.6. The second kappa shape index (κ2) is 6.93. The van der Waals surface area contributed by atoms with Crippen LogP contribution >= 0.6 is 0 Å². The third-order valence-electron chi connectivity index (χ3n) is 4.60. The van der Waals surface area contributed by atoms with Gasteiger partial charge in [-0.25, -0.2) is 9.97 Å². The van der Waals surface area contributed by atoms with E-state index in [2.05, 4.69) is 20.2 Å². The maximum absolute atomic E-state index is 12.5. The Labute approximate surface area is 146 Å². The van der Waals surface area contributed by atoms with Gasteiger partial charge in [0.15, 0.2) is 0 Å². The molecule has 0 aliphatic carbocycles. The van der Waals surface area contributed by atoms with Gasteiger partial charge in [0.1, 0.15) is 12.4 Å². The lowest BCUT2D eigenvalue weighted by Crippen LogP contribution is -2.48. The molecule has 1 saturated heterocycles. The summed E-state index contributed by atoms with van der Waals surface area (Å²) in [6.07, 6.45) is 5.59. The van der Waals surface area contributed by atoms with E-state index < -0.39 is 0 Å². The molecule has 0 radical (unpaired) electrons. The second-order valence-electron chi connectivity index (χ2n) is 6.40. The van der Waals surface area contributed by atoms with Crippen LogP contribution < -0.4 is 10.2 Å². The van der Waals surface area contributed by atoms with Crippen LogP contribution in [-0.4, -0.2) is 39.6 Å². The van der Waals surface area contributed by atoms with E-state index in [1.165, 1.54) is 0 Å². The molecule has 0 bridgehead atoms. The van der Waals surface area contributed by atoms with Gasteiger partial charge in [0, 0.05) is 25.3 Å². The van der Waals surface area contributed by atoms with Gasteiger partial charge in [0.2, 0.25) is 5.91 Å². The normalized spacial score (nSPS) is 17.6. The van der Waals surface area contributed by atoms with Gasteiger partial charge in [-0.2, -0.15) is 0 Å². The summed E-state index contributed by atoms with van der Waals surface area (Å²) in [6, 6.07) is 13.9. The summed E-state index contributed by atoms with van der Waals surface area (Å²) < 4.78 is 1.89. The smallest absolute Gasteiger partial charge is 0.240 e. The van der Waals surface area contributed by atoms with E-state index in [0.29, 0.717) is 6.54 Å². The van der Waals surface area contributed by atoms with Crippen molar-refractivity contribution in [3.8, 4) is 0 Å². The third kappa shape index (κ3) is 3.47. The molecule has 1 N–H and O–H groups in total. The minimum absolute atomic E-state index is 0.0241. The zero-order chi connectivity index (χ0) is 17.1. The molecule has 128 valence electrons. The molecule has 1 amide bonds. The molecule has 1 aromatic carbocycles. The summed E-state index contributed by atoms with van der Waals surface area (Å²) in [5.74, 6) is 0.998. The number of piperidine rings is 1. The second-order valence-corrected chi connectivity index (χ2v) is 6.40. The number of benzene rings is 1. The molecule has 1 fully saturated rings. The number of fused-ring (bicyclic) bond motifs is 1. The highest BCUT2D eigenvalue weighted by atomic mass is 16.2. The molecule has 1 atom stereocenters. The van der Waals surface area contributed by atoms with E-state index >= 15 is 0 Å². The minimum Gasteiger partial charge on any atom is -0.355 e. The number of rotatable bonds is 4. The third-order valence-corrected chi connectivity index (χ3v) is 4.60. The molecule has 25 heavy (non-hydrogen) atoms. The standard InChI is InChI=1S/C19H21N5O/c25-19(13-24-14-21-16-7-1-2-8-17(16)24)22-15-6-5-11-23(12-15)18-9-3-4-10-20-18/h1-4,7-10,14-15H,5-6,11-13H2,(H,22,25)/t15-/m1/s1. The van der Waals surface area contributed by atoms with E-state index in [4.69, 9.17) is 0 Å². The van der Waals surface area contributed by atoms with Crippen molar-refractivity contribution < 1.29 is 4.79 Å². The molecular weight excluding hydrogens is 314 g/mol. The number of amides is 1. The monoisotopic (exact) mass is 335 g/mol. The summed E-state index contributed by atoms with van der Waals surface area (Å²) in [5, 5.41) is 3.16. The molecule has 3 heterocycles. The maximum Gasteiger partial charge on any atom is 0.240 e. The predicted octanol–water partition coefficient (Wildman–Crippen LogP) is 2.22. The lowest BCUT2D eigenvalue weighted by atomic mass is 10.1. The van der Waals surface area contributed by atoms with Crippen molar-refractivity contribution in [1.29, 1.82) is 0 Å². The highest BCUT2D eigenvalue weighted by Crippen LogP contribution is 2.17. The first-order valence-corrected chi connectivity index (χ1v) is 8.65. The van der Waals surface area contributed by atoms with Gasteiger partial charge < -0.3 is 14.8 Å². The van der Waals surface area contributed by atoms with E-state index in [1.54, 1.807) is 6.33 Å². The van der Waals surface area contributed by atoms with Gasteiger partial charge in [-0.1, -0.05) is 18.2 Å². The molecule has 6 nitrogen and oxygen atoms in total. The van der Waals surface area contributed by atoms with Crippen LogP contribution in [0.15, 0.2) is 55.0 Å². The number of nitrogens with one attached hydrogen (secondary N) is 1. The lowest BCUT2D eigenvalue weighted by molar-refractivity contribution is -0.122. The summed E-state index contributed by atoms with van der Waals surface area (Å²) in [6.45, 7) is 2.07. The Balaban J connectivity index is 1.39. The fraction of sp³-hybridized carbons (Fsp3) is 0.316. The Morgan fingerprint density at radius 3 is 2.92 bits per heavy atom. The van der Waals surface area contributed by atoms with Crippen molar-refractivity contribution >= 4 is 22.8 Å². The topological polar surface area (TPSA) is 63.1 Å². The number of carbonyl (C=O) groups excluding carboxylic acids is 1. The molecular formula is C19H21N5O. The average Bonchev–Trinajstić information content (AvgIpc) is 3.06. The molecule has 0 saturated carbocycles. The van der Waals surface area contributed by atoms with Crippen LogP contribution in [0, 0.1) is 0 Å². The Morgan fingerprint density at radius 2 is 2.04 bits per heavy atom. The van der Waals surface area contributed by atoms with Crippen molar-refractivity contribution in [3.63, 3.8) is 0 Å². The van der Waals surface area contributed by atoms with Gasteiger partial charge in [0.25, 0.3) is 0 Å². The molecule has 0 unspecified atom stereocenters. The zero-order valence-corrected chi connectivity index (χ0v) is 14.0. The van der Waals surface area contributed by atoms with Crippen LogP contribution in [0.1, 0.15) is 12.8 Å². The van der Waals surface area contributed by atoms with Gasteiger partial charge in [0.05, 0.1) is 17.4 Å². The van der Waals surface area contributed by atoms with Crippen LogP contribution in [0.25, 0.3) is 11.0 Å². The number of aromatic nitrogens is 3. The fourth-order valence-electron chi connectivity index (χ4n) is 3.41. The summed E-state index contributed by atoms with van der Waals surface area (Å²) in [4.78, 5) is 23.5. The molecule has 1 aliphatic heterocycles. The average molecular weight is 335 g/mol. The van der Waals surface area contributed by atoms with Crippen LogP contribution in [0.3, 0.4) is 0 Å².